The summed E-state index contributed by atoms with van der Waals surface area (Å²) in [5.41, 5.74) is 3.06. The molecule has 0 aromatic heterocycles. The first-order valence-corrected chi connectivity index (χ1v) is 2.94. The van der Waals surface area contributed by atoms with Gasteiger partial charge in [0.25, 0.3) is 0 Å². The third-order valence-electron chi connectivity index (χ3n) is 1.04. The highest BCUT2D eigenvalue weighted by molar-refractivity contribution is 5.20. The van der Waals surface area contributed by atoms with E-state index in [0.29, 0.717) is 0 Å². The Kier molecular flexibility index (Phi) is 2.73. The van der Waals surface area contributed by atoms with Gasteiger partial charge in [0.15, 0.2) is 6.73 Å². The highest BCUT2D eigenvalue weighted by atomic mass is 16.5. The van der Waals surface area contributed by atoms with E-state index in [0.717, 1.165) is 5.75 Å². The summed E-state index contributed by atoms with van der Waals surface area (Å²) in [7, 11) is 0. The lowest BCUT2D eigenvalue weighted by Crippen LogP contribution is -2.09. The van der Waals surface area contributed by atoms with Gasteiger partial charge in [0.1, 0.15) is 5.75 Å². The van der Waals surface area contributed by atoms with Crippen molar-refractivity contribution in [2.24, 2.45) is 0 Å². The molecule has 0 spiro atoms. The molecule has 0 fully saturated rings. The minimum Gasteiger partial charge on any atom is -0.475 e. The minimum atomic E-state index is 0.101. The minimum absolute atomic E-state index is 0.101. The molecule has 0 aliphatic rings. The highest BCUT2D eigenvalue weighted by Crippen LogP contribution is 2.06. The number of nitrogens with zero attached hydrogens (tertiary/aromatic N) is 1. The van der Waals surface area contributed by atoms with Crippen LogP contribution in [0.3, 0.4) is 0 Å². The molecule has 10 heavy (non-hydrogen) atoms. The van der Waals surface area contributed by atoms with Crippen molar-refractivity contribution in [2.75, 3.05) is 6.73 Å². The van der Waals surface area contributed by atoms with Crippen molar-refractivity contribution in [3.63, 3.8) is 0 Å². The summed E-state index contributed by atoms with van der Waals surface area (Å²) in [6.45, 7) is 0.101. The second-order valence-corrected chi connectivity index (χ2v) is 1.74. The molecular weight excluding hydrogens is 128 g/mol. The number of rotatable bonds is 3. The average Bonchev–Trinajstić information content (AvgIpc) is 2.03. The lowest BCUT2D eigenvalue weighted by molar-refractivity contribution is 0.278. The molecule has 3 heteroatoms. The summed E-state index contributed by atoms with van der Waals surface area (Å²) in [6, 6.07) is 9.31. The zero-order valence-electron chi connectivity index (χ0n) is 5.45. The first-order valence-electron chi connectivity index (χ1n) is 2.94. The zero-order valence-corrected chi connectivity index (χ0v) is 5.45. The molecule has 1 aromatic rings. The summed E-state index contributed by atoms with van der Waals surface area (Å²) in [5.74, 6) is 7.20. The smallest absolute Gasteiger partial charge is 0.171 e. The van der Waals surface area contributed by atoms with Gasteiger partial charge in [-0.2, -0.15) is 5.84 Å². The van der Waals surface area contributed by atoms with Gasteiger partial charge in [-0.05, 0) is 12.1 Å². The van der Waals surface area contributed by atoms with Gasteiger partial charge in [-0.15, -0.1) is 5.43 Å². The SMILES string of the molecule is [NH][N]COc1ccccc1. The molecule has 2 radical (unpaired) electrons. The van der Waals surface area contributed by atoms with E-state index >= 15 is 0 Å². The molecule has 0 unspecified atom stereocenters. The fourth-order valence-corrected chi connectivity index (χ4v) is 0.624. The highest BCUT2D eigenvalue weighted by Gasteiger charge is 1.87. The Morgan fingerprint density at radius 2 is 2.00 bits per heavy atom. The fraction of sp³-hybridized carbons (Fsp3) is 0.143. The zero-order chi connectivity index (χ0) is 7.23. The van der Waals surface area contributed by atoms with E-state index in [1.807, 2.05) is 30.3 Å². The number of hydrogen-bond acceptors (Lipinski definition) is 1. The molecule has 0 heterocycles. The van der Waals surface area contributed by atoms with Gasteiger partial charge in [0, 0.05) is 0 Å². The largest absolute Gasteiger partial charge is 0.475 e. The Balaban J connectivity index is 2.43. The standard InChI is InChI=1S/C7H8N2O/c8-9-6-10-7-4-2-1-3-5-7/h1-5,8H,6H2. The van der Waals surface area contributed by atoms with Crippen LogP contribution in [0, 0.1) is 0 Å². The molecule has 0 aliphatic carbocycles. The summed E-state index contributed by atoms with van der Waals surface area (Å²) >= 11 is 0. The quantitative estimate of drug-likeness (QED) is 0.567. The van der Waals surface area contributed by atoms with Crippen molar-refractivity contribution >= 4 is 0 Å². The van der Waals surface area contributed by atoms with E-state index < -0.39 is 0 Å². The van der Waals surface area contributed by atoms with Gasteiger partial charge < -0.3 is 4.74 Å². The third kappa shape index (κ3) is 2.05. The lowest BCUT2D eigenvalue weighted by Gasteiger charge is -2.00. The van der Waals surface area contributed by atoms with Crippen molar-refractivity contribution in [3.05, 3.63) is 30.3 Å². The van der Waals surface area contributed by atoms with E-state index in [2.05, 4.69) is 5.43 Å². The Labute approximate surface area is 59.8 Å². The number of ether oxygens (including phenoxy) is 1. The van der Waals surface area contributed by atoms with E-state index in [1.54, 1.807) is 0 Å². The van der Waals surface area contributed by atoms with Crippen molar-refractivity contribution in [2.45, 2.75) is 0 Å². The van der Waals surface area contributed by atoms with Crippen LogP contribution in [-0.4, -0.2) is 6.73 Å². The van der Waals surface area contributed by atoms with Crippen molar-refractivity contribution in [1.29, 1.82) is 0 Å². The van der Waals surface area contributed by atoms with Crippen LogP contribution in [0.2, 0.25) is 0 Å². The fourth-order valence-electron chi connectivity index (χ4n) is 0.624. The van der Waals surface area contributed by atoms with Crippen LogP contribution in [0.15, 0.2) is 30.3 Å². The van der Waals surface area contributed by atoms with Gasteiger partial charge in [-0.25, -0.2) is 0 Å². The summed E-state index contributed by atoms with van der Waals surface area (Å²) in [5, 5.41) is 0. The molecule has 3 nitrogen and oxygen atoms in total. The van der Waals surface area contributed by atoms with Crippen molar-refractivity contribution < 1.29 is 4.74 Å². The molecule has 1 rings (SSSR count). The number of nitrogens with one attached hydrogen (secondary N) is 1. The summed E-state index contributed by atoms with van der Waals surface area (Å²) < 4.78 is 5.00. The predicted octanol–water partition coefficient (Wildman–Crippen LogP) is 0.825. The van der Waals surface area contributed by atoms with Gasteiger partial charge in [0.2, 0.25) is 0 Å². The molecule has 1 N–H and O–H groups in total. The molecule has 0 aliphatic heterocycles. The maximum Gasteiger partial charge on any atom is 0.171 e. The molecule has 52 valence electrons. The molecule has 0 bridgehead atoms. The van der Waals surface area contributed by atoms with Crippen molar-refractivity contribution in [3.8, 4) is 5.75 Å². The maximum absolute atomic E-state index is 6.45. The lowest BCUT2D eigenvalue weighted by atomic mass is 10.3. The van der Waals surface area contributed by atoms with Crippen LogP contribution in [0.1, 0.15) is 0 Å². The molecular formula is C7H8N2O. The third-order valence-corrected chi connectivity index (χ3v) is 1.04. The van der Waals surface area contributed by atoms with Gasteiger partial charge in [-0.3, -0.25) is 0 Å². The monoisotopic (exact) mass is 136 g/mol. The van der Waals surface area contributed by atoms with Gasteiger partial charge in [0.05, 0.1) is 0 Å². The second-order valence-electron chi connectivity index (χ2n) is 1.74. The predicted molar refractivity (Wildman–Crippen MR) is 37.2 cm³/mol. The average molecular weight is 136 g/mol. The van der Waals surface area contributed by atoms with E-state index in [1.165, 1.54) is 0 Å². The second kappa shape index (κ2) is 3.87. The molecule has 0 amide bonds. The number of benzene rings is 1. The molecule has 0 saturated heterocycles. The first-order chi connectivity index (χ1) is 4.93. The summed E-state index contributed by atoms with van der Waals surface area (Å²) in [6.07, 6.45) is 0. The maximum atomic E-state index is 6.45. The van der Waals surface area contributed by atoms with Crippen LogP contribution >= 0.6 is 0 Å². The summed E-state index contributed by atoms with van der Waals surface area (Å²) in [4.78, 5) is 0. The van der Waals surface area contributed by atoms with E-state index in [4.69, 9.17) is 10.6 Å². The van der Waals surface area contributed by atoms with Crippen LogP contribution < -0.4 is 16.0 Å². The molecule has 0 atom stereocenters. The van der Waals surface area contributed by atoms with Crippen LogP contribution in [-0.2, 0) is 0 Å². The Hall–Kier alpha value is -1.06. The van der Waals surface area contributed by atoms with E-state index in [-0.39, 0.29) is 6.73 Å². The van der Waals surface area contributed by atoms with Crippen LogP contribution in [0.5, 0.6) is 5.75 Å². The number of para-hydroxylation sites is 1. The topological polar surface area (TPSA) is 47.1 Å². The van der Waals surface area contributed by atoms with Crippen LogP contribution in [0.25, 0.3) is 0 Å². The Morgan fingerprint density at radius 1 is 1.30 bits per heavy atom. The molecule has 1 aromatic carbocycles. The first kappa shape index (κ1) is 7.05. The normalized spacial score (nSPS) is 9.30. The van der Waals surface area contributed by atoms with Gasteiger partial charge in [-0.1, -0.05) is 18.2 Å². The number of hydrogen-bond donors (Lipinski definition) is 0. The molecule has 0 saturated carbocycles. The Bertz CT molecular complexity index is 176. The Morgan fingerprint density at radius 3 is 2.60 bits per heavy atom. The van der Waals surface area contributed by atoms with Crippen LogP contribution in [0.4, 0.5) is 0 Å². The van der Waals surface area contributed by atoms with Crippen molar-refractivity contribution in [1.82, 2.24) is 11.3 Å². The van der Waals surface area contributed by atoms with Gasteiger partial charge >= 0.3 is 0 Å². The van der Waals surface area contributed by atoms with E-state index in [9.17, 15) is 0 Å².